The predicted octanol–water partition coefficient (Wildman–Crippen LogP) is 4.64. The van der Waals surface area contributed by atoms with Crippen LogP contribution in [0, 0.1) is 5.82 Å². The van der Waals surface area contributed by atoms with Crippen molar-refractivity contribution in [1.29, 1.82) is 0 Å². The number of halogens is 1. The number of nitrogens with zero attached hydrogens (tertiary/aromatic N) is 1. The van der Waals surface area contributed by atoms with E-state index in [0.717, 1.165) is 43.6 Å². The summed E-state index contributed by atoms with van der Waals surface area (Å²) in [5.41, 5.74) is 1.65. The van der Waals surface area contributed by atoms with Gasteiger partial charge in [0.05, 0.1) is 5.56 Å². The molecule has 1 saturated heterocycles. The predicted molar refractivity (Wildman–Crippen MR) is 92.7 cm³/mol. The minimum Gasteiger partial charge on any atom is -0.456 e. The molecule has 0 aromatic heterocycles. The number of carbonyl (C=O) groups excluding carboxylic acids is 1. The smallest absolute Gasteiger partial charge is 0.341 e. The third-order valence-corrected chi connectivity index (χ3v) is 4.71. The van der Waals surface area contributed by atoms with Gasteiger partial charge in [-0.15, -0.1) is 0 Å². The fraction of sp³-hybridized carbons (Fsp3) is 0.650. The SMILES string of the molecule is CC(C)(C)OC(=O)c1cc(C2CC2)c(CN2CCCCC2)cc1F. The fourth-order valence-corrected chi connectivity index (χ4v) is 3.39. The zero-order chi connectivity index (χ0) is 17.3. The monoisotopic (exact) mass is 333 g/mol. The van der Waals surface area contributed by atoms with E-state index in [1.165, 1.54) is 19.3 Å². The average Bonchev–Trinajstić information content (AvgIpc) is 3.31. The van der Waals surface area contributed by atoms with Crippen LogP contribution in [0.4, 0.5) is 4.39 Å². The van der Waals surface area contributed by atoms with E-state index in [9.17, 15) is 9.18 Å². The van der Waals surface area contributed by atoms with E-state index in [1.807, 2.05) is 0 Å². The molecule has 1 heterocycles. The molecule has 0 amide bonds. The van der Waals surface area contributed by atoms with Crippen LogP contribution in [0.2, 0.25) is 0 Å². The normalized spacial score (nSPS) is 19.3. The van der Waals surface area contributed by atoms with Crippen molar-refractivity contribution in [2.45, 2.75) is 70.9 Å². The minimum atomic E-state index is -0.615. The highest BCUT2D eigenvalue weighted by molar-refractivity contribution is 5.90. The summed E-state index contributed by atoms with van der Waals surface area (Å²) < 4.78 is 19.9. The first-order valence-electron chi connectivity index (χ1n) is 9.11. The lowest BCUT2D eigenvalue weighted by atomic mass is 9.98. The Morgan fingerprint density at radius 2 is 1.88 bits per heavy atom. The number of benzene rings is 1. The Morgan fingerprint density at radius 1 is 1.21 bits per heavy atom. The second-order valence-corrected chi connectivity index (χ2v) is 8.14. The number of likely N-dealkylation sites (tertiary alicyclic amines) is 1. The number of piperidine rings is 1. The molecule has 0 unspecified atom stereocenters. The fourth-order valence-electron chi connectivity index (χ4n) is 3.39. The lowest BCUT2D eigenvalue weighted by Crippen LogP contribution is -2.29. The summed E-state index contributed by atoms with van der Waals surface area (Å²) in [6.45, 7) is 8.36. The molecule has 4 heteroatoms. The Kier molecular flexibility index (Phi) is 4.95. The van der Waals surface area contributed by atoms with Crippen molar-refractivity contribution in [1.82, 2.24) is 4.90 Å². The first kappa shape index (κ1) is 17.4. The van der Waals surface area contributed by atoms with Gasteiger partial charge in [-0.2, -0.15) is 0 Å². The highest BCUT2D eigenvalue weighted by Crippen LogP contribution is 2.43. The molecule has 1 aromatic rings. The van der Waals surface area contributed by atoms with Crippen LogP contribution in [-0.4, -0.2) is 29.6 Å². The van der Waals surface area contributed by atoms with Gasteiger partial charge < -0.3 is 4.74 Å². The minimum absolute atomic E-state index is 0.0780. The average molecular weight is 333 g/mol. The zero-order valence-electron chi connectivity index (χ0n) is 15.0. The molecule has 1 aliphatic carbocycles. The van der Waals surface area contributed by atoms with Gasteiger partial charge in [-0.1, -0.05) is 6.42 Å². The Morgan fingerprint density at radius 3 is 2.46 bits per heavy atom. The largest absolute Gasteiger partial charge is 0.456 e. The molecule has 1 saturated carbocycles. The van der Waals surface area contributed by atoms with Crippen LogP contribution in [0.1, 0.15) is 80.3 Å². The maximum atomic E-state index is 14.6. The van der Waals surface area contributed by atoms with Crippen LogP contribution in [0.3, 0.4) is 0 Å². The molecule has 24 heavy (non-hydrogen) atoms. The lowest BCUT2D eigenvalue weighted by Gasteiger charge is -2.27. The van der Waals surface area contributed by atoms with Crippen molar-refractivity contribution in [2.24, 2.45) is 0 Å². The van der Waals surface area contributed by atoms with Gasteiger partial charge >= 0.3 is 5.97 Å². The standard InChI is InChI=1S/C20H28FNO2/c1-20(2,3)24-19(23)17-12-16(14-7-8-14)15(11-18(17)21)13-22-9-5-4-6-10-22/h11-12,14H,4-10,13H2,1-3H3. The molecule has 2 aliphatic rings. The van der Waals surface area contributed by atoms with Gasteiger partial charge in [0.25, 0.3) is 0 Å². The first-order valence-corrected chi connectivity index (χ1v) is 9.11. The third kappa shape index (κ3) is 4.35. The van der Waals surface area contributed by atoms with Gasteiger partial charge in [-0.25, -0.2) is 9.18 Å². The van der Waals surface area contributed by atoms with Crippen LogP contribution in [0.5, 0.6) is 0 Å². The van der Waals surface area contributed by atoms with Gasteiger partial charge in [-0.3, -0.25) is 4.90 Å². The summed E-state index contributed by atoms with van der Waals surface area (Å²) in [5, 5.41) is 0. The number of hydrogen-bond acceptors (Lipinski definition) is 3. The summed E-state index contributed by atoms with van der Waals surface area (Å²) in [6.07, 6.45) is 5.99. The van der Waals surface area contributed by atoms with E-state index in [1.54, 1.807) is 32.9 Å². The maximum absolute atomic E-state index is 14.6. The number of carbonyl (C=O) groups is 1. The molecule has 132 valence electrons. The molecular formula is C20H28FNO2. The number of esters is 1. The summed E-state index contributed by atoms with van der Waals surface area (Å²) in [6, 6.07) is 3.32. The second kappa shape index (κ2) is 6.83. The highest BCUT2D eigenvalue weighted by atomic mass is 19.1. The topological polar surface area (TPSA) is 29.5 Å². The van der Waals surface area contributed by atoms with Crippen LogP contribution >= 0.6 is 0 Å². The van der Waals surface area contributed by atoms with Crippen molar-refractivity contribution < 1.29 is 13.9 Å². The molecule has 0 spiro atoms. The molecule has 0 N–H and O–H groups in total. The zero-order valence-corrected chi connectivity index (χ0v) is 15.0. The van der Waals surface area contributed by atoms with Gasteiger partial charge in [0.15, 0.2) is 0 Å². The van der Waals surface area contributed by atoms with Crippen molar-refractivity contribution in [3.8, 4) is 0 Å². The van der Waals surface area contributed by atoms with Crippen molar-refractivity contribution in [3.05, 3.63) is 34.6 Å². The lowest BCUT2D eigenvalue weighted by molar-refractivity contribution is 0.00645. The molecular weight excluding hydrogens is 305 g/mol. The molecule has 0 radical (unpaired) electrons. The van der Waals surface area contributed by atoms with Crippen LogP contribution in [0.25, 0.3) is 0 Å². The van der Waals surface area contributed by atoms with Gasteiger partial charge in [-0.05, 0) is 88.7 Å². The quantitative estimate of drug-likeness (QED) is 0.752. The second-order valence-electron chi connectivity index (χ2n) is 8.14. The summed E-state index contributed by atoms with van der Waals surface area (Å²) in [7, 11) is 0. The van der Waals surface area contributed by atoms with Crippen molar-refractivity contribution in [2.75, 3.05) is 13.1 Å². The number of ether oxygens (including phenoxy) is 1. The summed E-state index contributed by atoms with van der Waals surface area (Å²) in [5.74, 6) is -0.543. The van der Waals surface area contributed by atoms with Gasteiger partial charge in [0.2, 0.25) is 0 Å². The van der Waals surface area contributed by atoms with Crippen molar-refractivity contribution >= 4 is 5.97 Å². The molecule has 3 rings (SSSR count). The van der Waals surface area contributed by atoms with Crippen LogP contribution in [-0.2, 0) is 11.3 Å². The van der Waals surface area contributed by atoms with Gasteiger partial charge in [0.1, 0.15) is 11.4 Å². The number of hydrogen-bond donors (Lipinski definition) is 0. The van der Waals surface area contributed by atoms with E-state index in [4.69, 9.17) is 4.74 Å². The van der Waals surface area contributed by atoms with E-state index >= 15 is 0 Å². The molecule has 0 atom stereocenters. The summed E-state index contributed by atoms with van der Waals surface area (Å²) in [4.78, 5) is 14.7. The van der Waals surface area contributed by atoms with E-state index in [-0.39, 0.29) is 5.56 Å². The van der Waals surface area contributed by atoms with Crippen LogP contribution in [0.15, 0.2) is 12.1 Å². The van der Waals surface area contributed by atoms with E-state index < -0.39 is 17.4 Å². The van der Waals surface area contributed by atoms with E-state index in [2.05, 4.69) is 4.90 Å². The Hall–Kier alpha value is -1.42. The number of rotatable bonds is 4. The Balaban J connectivity index is 1.85. The maximum Gasteiger partial charge on any atom is 0.341 e. The first-order chi connectivity index (χ1) is 11.3. The molecule has 1 aromatic carbocycles. The molecule has 3 nitrogen and oxygen atoms in total. The third-order valence-electron chi connectivity index (χ3n) is 4.71. The Bertz CT molecular complexity index is 611. The van der Waals surface area contributed by atoms with Crippen LogP contribution < -0.4 is 0 Å². The summed E-state index contributed by atoms with van der Waals surface area (Å²) >= 11 is 0. The molecule has 1 aliphatic heterocycles. The van der Waals surface area contributed by atoms with E-state index in [0.29, 0.717) is 5.92 Å². The van der Waals surface area contributed by atoms with Gasteiger partial charge in [0, 0.05) is 6.54 Å². The highest BCUT2D eigenvalue weighted by Gasteiger charge is 2.30. The molecule has 0 bridgehead atoms. The van der Waals surface area contributed by atoms with Crippen molar-refractivity contribution in [3.63, 3.8) is 0 Å². The molecule has 2 fully saturated rings. The Labute approximate surface area is 144 Å².